The average molecular weight is 385 g/mol. The summed E-state index contributed by atoms with van der Waals surface area (Å²) in [4.78, 5) is 22.6. The molecular weight excluding hydrogens is 358 g/mol. The van der Waals surface area contributed by atoms with E-state index in [0.29, 0.717) is 25.6 Å². The van der Waals surface area contributed by atoms with E-state index in [2.05, 4.69) is 20.6 Å². The van der Waals surface area contributed by atoms with Gasteiger partial charge in [0.1, 0.15) is 11.6 Å². The first-order valence-electron chi connectivity index (χ1n) is 9.52. The molecule has 8 nitrogen and oxygen atoms in total. The highest BCUT2D eigenvalue weighted by Crippen LogP contribution is 2.21. The predicted molar refractivity (Wildman–Crippen MR) is 108 cm³/mol. The maximum absolute atomic E-state index is 11.8. The lowest BCUT2D eigenvalue weighted by atomic mass is 10.1. The third-order valence-electron chi connectivity index (χ3n) is 4.57. The van der Waals surface area contributed by atoms with Crippen LogP contribution in [0.1, 0.15) is 25.5 Å². The molecule has 0 bridgehead atoms. The van der Waals surface area contributed by atoms with E-state index in [0.717, 1.165) is 35.8 Å². The van der Waals surface area contributed by atoms with Gasteiger partial charge in [-0.15, -0.1) is 0 Å². The van der Waals surface area contributed by atoms with Crippen LogP contribution in [0.5, 0.6) is 5.75 Å². The minimum atomic E-state index is -0.237. The van der Waals surface area contributed by atoms with Crippen molar-refractivity contribution in [1.82, 2.24) is 14.9 Å². The Balaban J connectivity index is 1.59. The van der Waals surface area contributed by atoms with Crippen LogP contribution in [0.4, 0.5) is 22.2 Å². The molecule has 1 saturated heterocycles. The smallest absolute Gasteiger partial charge is 0.409 e. The summed E-state index contributed by atoms with van der Waals surface area (Å²) >= 11 is 0. The number of nitrogens with zero attached hydrogens (tertiary/aromatic N) is 3. The van der Waals surface area contributed by atoms with E-state index < -0.39 is 0 Å². The van der Waals surface area contributed by atoms with Crippen molar-refractivity contribution in [2.45, 2.75) is 32.7 Å². The van der Waals surface area contributed by atoms with Crippen molar-refractivity contribution in [3.63, 3.8) is 0 Å². The van der Waals surface area contributed by atoms with Crippen LogP contribution in [0.15, 0.2) is 30.3 Å². The number of anilines is 3. The fourth-order valence-corrected chi connectivity index (χ4v) is 3.12. The van der Waals surface area contributed by atoms with Gasteiger partial charge in [0.15, 0.2) is 0 Å². The second kappa shape index (κ2) is 9.25. The van der Waals surface area contributed by atoms with Crippen molar-refractivity contribution in [2.24, 2.45) is 0 Å². The molecule has 2 N–H and O–H groups in total. The standard InChI is InChI=1S/C20H27N5O3/c1-4-28-20(26)25-11-9-16(10-12-25)23-19-21-14(2)13-18(24-19)22-15-5-7-17(27-3)8-6-15/h5-8,13,16H,4,9-12H2,1-3H3,(H2,21,22,23,24). The number of aromatic nitrogens is 2. The summed E-state index contributed by atoms with van der Waals surface area (Å²) in [5.41, 5.74) is 1.80. The molecular formula is C20H27N5O3. The van der Waals surface area contributed by atoms with Gasteiger partial charge in [-0.25, -0.2) is 9.78 Å². The van der Waals surface area contributed by atoms with Gasteiger partial charge in [0, 0.05) is 36.6 Å². The summed E-state index contributed by atoms with van der Waals surface area (Å²) in [6, 6.07) is 9.79. The molecule has 150 valence electrons. The van der Waals surface area contributed by atoms with Gasteiger partial charge in [-0.1, -0.05) is 0 Å². The van der Waals surface area contributed by atoms with Crippen molar-refractivity contribution < 1.29 is 14.3 Å². The Morgan fingerprint density at radius 2 is 1.93 bits per heavy atom. The Bertz CT molecular complexity index is 789. The first-order chi connectivity index (χ1) is 13.6. The highest BCUT2D eigenvalue weighted by Gasteiger charge is 2.24. The molecule has 1 aliphatic rings. The summed E-state index contributed by atoms with van der Waals surface area (Å²) in [7, 11) is 1.64. The molecule has 0 spiro atoms. The van der Waals surface area contributed by atoms with Crippen LogP contribution in [-0.2, 0) is 4.74 Å². The van der Waals surface area contributed by atoms with Gasteiger partial charge in [0.25, 0.3) is 0 Å². The largest absolute Gasteiger partial charge is 0.497 e. The van der Waals surface area contributed by atoms with E-state index in [1.807, 2.05) is 44.2 Å². The van der Waals surface area contributed by atoms with E-state index in [1.54, 1.807) is 12.0 Å². The number of ether oxygens (including phenoxy) is 2. The number of rotatable bonds is 6. The quantitative estimate of drug-likeness (QED) is 0.786. The minimum Gasteiger partial charge on any atom is -0.497 e. The van der Waals surface area contributed by atoms with Gasteiger partial charge in [-0.2, -0.15) is 4.98 Å². The number of nitrogens with one attached hydrogen (secondary N) is 2. The van der Waals surface area contributed by atoms with Crippen LogP contribution in [0.25, 0.3) is 0 Å². The summed E-state index contributed by atoms with van der Waals surface area (Å²) in [6.45, 7) is 5.49. The van der Waals surface area contributed by atoms with Crippen LogP contribution in [-0.4, -0.2) is 53.8 Å². The number of aryl methyl sites for hydroxylation is 1. The van der Waals surface area contributed by atoms with Crippen LogP contribution < -0.4 is 15.4 Å². The molecule has 1 aliphatic heterocycles. The van der Waals surface area contributed by atoms with Crippen LogP contribution >= 0.6 is 0 Å². The SMILES string of the molecule is CCOC(=O)N1CCC(Nc2nc(C)cc(Nc3ccc(OC)cc3)n2)CC1. The summed E-state index contributed by atoms with van der Waals surface area (Å²) in [5.74, 6) is 2.12. The number of piperidine rings is 1. The normalized spacial score (nSPS) is 14.5. The molecule has 0 atom stereocenters. The Morgan fingerprint density at radius 3 is 2.57 bits per heavy atom. The van der Waals surface area contributed by atoms with Crippen LogP contribution in [0.3, 0.4) is 0 Å². The molecule has 1 amide bonds. The fraction of sp³-hybridized carbons (Fsp3) is 0.450. The number of carbonyl (C=O) groups excluding carboxylic acids is 1. The Labute approximate surface area is 165 Å². The zero-order valence-electron chi connectivity index (χ0n) is 16.6. The van der Waals surface area contributed by atoms with Gasteiger partial charge in [-0.3, -0.25) is 0 Å². The molecule has 28 heavy (non-hydrogen) atoms. The van der Waals surface area contributed by atoms with Crippen LogP contribution in [0.2, 0.25) is 0 Å². The minimum absolute atomic E-state index is 0.223. The van der Waals surface area contributed by atoms with Crippen LogP contribution in [0, 0.1) is 6.92 Å². The van der Waals surface area contributed by atoms with E-state index in [-0.39, 0.29) is 12.1 Å². The third kappa shape index (κ3) is 5.25. The predicted octanol–water partition coefficient (Wildman–Crippen LogP) is 3.57. The number of hydrogen-bond acceptors (Lipinski definition) is 7. The zero-order chi connectivity index (χ0) is 19.9. The number of hydrogen-bond donors (Lipinski definition) is 2. The van der Waals surface area contributed by atoms with E-state index >= 15 is 0 Å². The van der Waals surface area contributed by atoms with Gasteiger partial charge >= 0.3 is 6.09 Å². The molecule has 2 heterocycles. The molecule has 0 unspecified atom stereocenters. The van der Waals surface area contributed by atoms with Gasteiger partial charge in [-0.05, 0) is 51.0 Å². The van der Waals surface area contributed by atoms with E-state index in [4.69, 9.17) is 9.47 Å². The lowest BCUT2D eigenvalue weighted by molar-refractivity contribution is 0.0983. The number of methoxy groups -OCH3 is 1. The second-order valence-electron chi connectivity index (χ2n) is 6.68. The first kappa shape index (κ1) is 19.7. The summed E-state index contributed by atoms with van der Waals surface area (Å²) in [6.07, 6.45) is 1.42. The molecule has 1 aromatic heterocycles. The van der Waals surface area contributed by atoms with E-state index in [1.165, 1.54) is 0 Å². The molecule has 0 saturated carbocycles. The number of benzene rings is 1. The molecule has 0 aliphatic carbocycles. The van der Waals surface area contributed by atoms with E-state index in [9.17, 15) is 4.79 Å². The maximum atomic E-state index is 11.8. The lowest BCUT2D eigenvalue weighted by Crippen LogP contribution is -2.42. The first-order valence-corrected chi connectivity index (χ1v) is 9.52. The van der Waals surface area contributed by atoms with Gasteiger partial charge in [0.05, 0.1) is 13.7 Å². The topological polar surface area (TPSA) is 88.6 Å². The molecule has 1 aromatic carbocycles. The molecule has 1 fully saturated rings. The van der Waals surface area contributed by atoms with Gasteiger partial charge < -0.3 is 25.0 Å². The number of carbonyl (C=O) groups is 1. The van der Waals surface area contributed by atoms with Crippen molar-refractivity contribution in [3.05, 3.63) is 36.0 Å². The number of likely N-dealkylation sites (tertiary alicyclic amines) is 1. The lowest BCUT2D eigenvalue weighted by Gasteiger charge is -2.31. The zero-order valence-corrected chi connectivity index (χ0v) is 16.6. The monoisotopic (exact) mass is 385 g/mol. The van der Waals surface area contributed by atoms with Crippen molar-refractivity contribution in [3.8, 4) is 5.75 Å². The number of amides is 1. The highest BCUT2D eigenvalue weighted by atomic mass is 16.6. The highest BCUT2D eigenvalue weighted by molar-refractivity contribution is 5.67. The Morgan fingerprint density at radius 1 is 1.21 bits per heavy atom. The maximum Gasteiger partial charge on any atom is 0.409 e. The third-order valence-corrected chi connectivity index (χ3v) is 4.57. The fourth-order valence-electron chi connectivity index (χ4n) is 3.12. The van der Waals surface area contributed by atoms with Gasteiger partial charge in [0.2, 0.25) is 5.95 Å². The summed E-state index contributed by atoms with van der Waals surface area (Å²) < 4.78 is 10.2. The Kier molecular flexibility index (Phi) is 6.52. The average Bonchev–Trinajstić information content (AvgIpc) is 2.69. The summed E-state index contributed by atoms with van der Waals surface area (Å²) in [5, 5.41) is 6.69. The molecule has 2 aromatic rings. The molecule has 8 heteroatoms. The van der Waals surface area contributed by atoms with Crippen molar-refractivity contribution in [2.75, 3.05) is 37.4 Å². The molecule has 0 radical (unpaired) electrons. The Hall–Kier alpha value is -3.03. The second-order valence-corrected chi connectivity index (χ2v) is 6.68. The van der Waals surface area contributed by atoms with Crippen molar-refractivity contribution >= 4 is 23.5 Å². The van der Waals surface area contributed by atoms with Crippen molar-refractivity contribution in [1.29, 1.82) is 0 Å². The molecule has 3 rings (SSSR count).